The van der Waals surface area contributed by atoms with Crippen molar-refractivity contribution in [2.75, 3.05) is 0 Å². The molecule has 0 aromatic heterocycles. The maximum absolute atomic E-state index is 12.0. The second-order valence-corrected chi connectivity index (χ2v) is 4.14. The third-order valence-corrected chi connectivity index (χ3v) is 2.39. The Morgan fingerprint density at radius 2 is 2.00 bits per heavy atom. The average molecular weight is 274 g/mol. The number of amides is 2. The molecule has 0 saturated heterocycles. The highest BCUT2D eigenvalue weighted by molar-refractivity contribution is 5.92. The Morgan fingerprint density at radius 3 is 2.53 bits per heavy atom. The monoisotopic (exact) mass is 274 g/mol. The summed E-state index contributed by atoms with van der Waals surface area (Å²) in [5.74, 6) is -2.60. The van der Waals surface area contributed by atoms with E-state index in [-0.39, 0.29) is 12.0 Å². The van der Waals surface area contributed by atoms with Crippen LogP contribution in [0.3, 0.4) is 0 Å². The van der Waals surface area contributed by atoms with Gasteiger partial charge in [0, 0.05) is 11.6 Å². The molecule has 0 aliphatic rings. The molecule has 0 spiro atoms. The zero-order valence-corrected chi connectivity index (χ0v) is 10.1. The van der Waals surface area contributed by atoms with Gasteiger partial charge >= 0.3 is 12.1 Å². The van der Waals surface area contributed by atoms with Gasteiger partial charge in [-0.15, -0.1) is 0 Å². The van der Waals surface area contributed by atoms with E-state index >= 15 is 0 Å². The maximum atomic E-state index is 12.0. The van der Waals surface area contributed by atoms with Crippen molar-refractivity contribution >= 4 is 11.8 Å². The van der Waals surface area contributed by atoms with Crippen molar-refractivity contribution in [2.24, 2.45) is 5.73 Å². The molecule has 1 aromatic carbocycles. The van der Waals surface area contributed by atoms with Gasteiger partial charge in [-0.3, -0.25) is 9.59 Å². The number of hydrogen-bond donors (Lipinski definition) is 2. The Bertz CT molecular complexity index is 486. The van der Waals surface area contributed by atoms with E-state index in [9.17, 15) is 22.8 Å². The Hall–Kier alpha value is -2.05. The van der Waals surface area contributed by atoms with Gasteiger partial charge in [0.1, 0.15) is 0 Å². The normalized spacial score (nSPS) is 12.8. The van der Waals surface area contributed by atoms with E-state index in [0.29, 0.717) is 5.56 Å². The van der Waals surface area contributed by atoms with Crippen molar-refractivity contribution in [3.8, 4) is 0 Å². The fourth-order valence-corrected chi connectivity index (χ4v) is 1.56. The first kappa shape index (κ1) is 15.0. The summed E-state index contributed by atoms with van der Waals surface area (Å²) in [6.07, 6.45) is -4.73. The minimum absolute atomic E-state index is 0.170. The summed E-state index contributed by atoms with van der Waals surface area (Å²) in [5, 5.41) is 1.84. The second-order valence-electron chi connectivity index (χ2n) is 4.14. The van der Waals surface area contributed by atoms with Gasteiger partial charge in [0.05, 0.1) is 0 Å². The molecule has 1 aromatic rings. The van der Waals surface area contributed by atoms with Crippen LogP contribution in [-0.4, -0.2) is 24.0 Å². The predicted octanol–water partition coefficient (Wildman–Crippen LogP) is 1.39. The molecular formula is C12H13F3N2O2. The van der Waals surface area contributed by atoms with E-state index in [1.165, 1.54) is 19.1 Å². The van der Waals surface area contributed by atoms with E-state index in [0.717, 1.165) is 0 Å². The van der Waals surface area contributed by atoms with E-state index < -0.39 is 24.0 Å². The maximum Gasteiger partial charge on any atom is 0.471 e. The van der Waals surface area contributed by atoms with Crippen molar-refractivity contribution in [1.82, 2.24) is 5.32 Å². The predicted molar refractivity (Wildman–Crippen MR) is 62.3 cm³/mol. The largest absolute Gasteiger partial charge is 0.471 e. The quantitative estimate of drug-likeness (QED) is 0.871. The van der Waals surface area contributed by atoms with Crippen molar-refractivity contribution in [2.45, 2.75) is 25.6 Å². The topological polar surface area (TPSA) is 72.2 Å². The van der Waals surface area contributed by atoms with Gasteiger partial charge in [-0.1, -0.05) is 12.1 Å². The summed E-state index contributed by atoms with van der Waals surface area (Å²) >= 11 is 0. The number of rotatable bonds is 4. The summed E-state index contributed by atoms with van der Waals surface area (Å²) in [7, 11) is 0. The Morgan fingerprint density at radius 1 is 1.37 bits per heavy atom. The van der Waals surface area contributed by atoms with Crippen LogP contribution in [0, 0.1) is 0 Å². The summed E-state index contributed by atoms with van der Waals surface area (Å²) in [6.45, 7) is 1.45. The molecule has 7 heteroatoms. The van der Waals surface area contributed by atoms with E-state index in [1.54, 1.807) is 12.1 Å². The molecule has 0 saturated carbocycles. The Balaban J connectivity index is 2.67. The molecular weight excluding hydrogens is 261 g/mol. The van der Waals surface area contributed by atoms with Crippen LogP contribution in [0.4, 0.5) is 13.2 Å². The van der Waals surface area contributed by atoms with Gasteiger partial charge in [0.15, 0.2) is 0 Å². The fourth-order valence-electron chi connectivity index (χ4n) is 1.56. The third-order valence-electron chi connectivity index (χ3n) is 2.39. The molecule has 0 aliphatic carbocycles. The molecule has 4 nitrogen and oxygen atoms in total. The standard InChI is InChI=1S/C12H13F3N2O2/c1-7(17-11(19)12(13,14)15)5-8-3-2-4-9(6-8)10(16)18/h2-4,6-7H,5H2,1H3,(H2,16,18)(H,17,19). The van der Waals surface area contributed by atoms with Gasteiger partial charge in [0.25, 0.3) is 0 Å². The number of carbonyl (C=O) groups excluding carboxylic acids is 2. The first-order chi connectivity index (χ1) is 8.70. The lowest BCUT2D eigenvalue weighted by Gasteiger charge is -2.15. The fraction of sp³-hybridized carbons (Fsp3) is 0.333. The van der Waals surface area contributed by atoms with Gasteiger partial charge in [-0.25, -0.2) is 0 Å². The van der Waals surface area contributed by atoms with Gasteiger partial charge in [0.2, 0.25) is 5.91 Å². The van der Waals surface area contributed by atoms with Crippen LogP contribution in [0.5, 0.6) is 0 Å². The van der Waals surface area contributed by atoms with Crippen LogP contribution in [0.1, 0.15) is 22.8 Å². The van der Waals surface area contributed by atoms with Crippen molar-refractivity contribution in [3.63, 3.8) is 0 Å². The lowest BCUT2D eigenvalue weighted by molar-refractivity contribution is -0.174. The van der Waals surface area contributed by atoms with Crippen LogP contribution in [0.2, 0.25) is 0 Å². The average Bonchev–Trinajstić information content (AvgIpc) is 2.27. The lowest BCUT2D eigenvalue weighted by atomic mass is 10.0. The summed E-state index contributed by atoms with van der Waals surface area (Å²) in [4.78, 5) is 21.7. The molecule has 0 fully saturated rings. The van der Waals surface area contributed by atoms with Crippen molar-refractivity contribution in [1.29, 1.82) is 0 Å². The highest BCUT2D eigenvalue weighted by Crippen LogP contribution is 2.15. The number of benzene rings is 1. The van der Waals surface area contributed by atoms with E-state index in [1.807, 2.05) is 5.32 Å². The number of hydrogen-bond acceptors (Lipinski definition) is 2. The number of primary amides is 1. The number of nitrogens with one attached hydrogen (secondary N) is 1. The Labute approximate surface area is 107 Å². The lowest BCUT2D eigenvalue weighted by Crippen LogP contribution is -2.42. The first-order valence-corrected chi connectivity index (χ1v) is 5.46. The first-order valence-electron chi connectivity index (χ1n) is 5.46. The second kappa shape index (κ2) is 5.73. The molecule has 1 atom stereocenters. The Kier molecular flexibility index (Phi) is 4.52. The summed E-state index contributed by atoms with van der Waals surface area (Å²) in [5.41, 5.74) is 5.98. The van der Waals surface area contributed by atoms with Crippen LogP contribution in [-0.2, 0) is 11.2 Å². The smallest absolute Gasteiger partial charge is 0.366 e. The van der Waals surface area contributed by atoms with E-state index in [2.05, 4.69) is 0 Å². The molecule has 0 aliphatic heterocycles. The van der Waals surface area contributed by atoms with Gasteiger partial charge in [-0.05, 0) is 31.0 Å². The van der Waals surface area contributed by atoms with Gasteiger partial charge in [-0.2, -0.15) is 13.2 Å². The van der Waals surface area contributed by atoms with E-state index in [4.69, 9.17) is 5.73 Å². The van der Waals surface area contributed by atoms with Crippen LogP contribution < -0.4 is 11.1 Å². The molecule has 104 valence electrons. The zero-order valence-electron chi connectivity index (χ0n) is 10.1. The number of alkyl halides is 3. The number of halogens is 3. The van der Waals surface area contributed by atoms with Gasteiger partial charge < -0.3 is 11.1 Å². The zero-order chi connectivity index (χ0) is 14.6. The van der Waals surface area contributed by atoms with Crippen LogP contribution in [0.15, 0.2) is 24.3 Å². The summed E-state index contributed by atoms with van der Waals surface area (Å²) in [6, 6.07) is 5.50. The molecule has 3 N–H and O–H groups in total. The van der Waals surface area contributed by atoms with Crippen LogP contribution >= 0.6 is 0 Å². The minimum Gasteiger partial charge on any atom is -0.366 e. The molecule has 1 rings (SSSR count). The summed E-state index contributed by atoms with van der Waals surface area (Å²) < 4.78 is 36.1. The minimum atomic E-state index is -4.90. The van der Waals surface area contributed by atoms with Crippen molar-refractivity contribution in [3.05, 3.63) is 35.4 Å². The molecule has 19 heavy (non-hydrogen) atoms. The highest BCUT2D eigenvalue weighted by atomic mass is 19.4. The molecule has 0 heterocycles. The highest BCUT2D eigenvalue weighted by Gasteiger charge is 2.39. The molecule has 2 amide bonds. The number of carbonyl (C=O) groups is 2. The molecule has 0 bridgehead atoms. The number of nitrogens with two attached hydrogens (primary N) is 1. The molecule has 0 radical (unpaired) electrons. The SMILES string of the molecule is CC(Cc1cccc(C(N)=O)c1)NC(=O)C(F)(F)F. The third kappa shape index (κ3) is 4.61. The van der Waals surface area contributed by atoms with Crippen molar-refractivity contribution < 1.29 is 22.8 Å². The molecule has 1 unspecified atom stereocenters. The van der Waals surface area contributed by atoms with Crippen LogP contribution in [0.25, 0.3) is 0 Å².